The van der Waals surface area contributed by atoms with E-state index in [1.807, 2.05) is 0 Å². The van der Waals surface area contributed by atoms with Crippen molar-refractivity contribution in [3.05, 3.63) is 89.9 Å². The highest BCUT2D eigenvalue weighted by Crippen LogP contribution is 2.24. The van der Waals surface area contributed by atoms with E-state index in [0.717, 1.165) is 16.2 Å². The van der Waals surface area contributed by atoms with Crippen molar-refractivity contribution in [1.82, 2.24) is 29.1 Å². The summed E-state index contributed by atoms with van der Waals surface area (Å²) in [5.74, 6) is -1.37. The van der Waals surface area contributed by atoms with Crippen molar-refractivity contribution in [2.45, 2.75) is 20.8 Å². The minimum Gasteiger partial charge on any atom is -0.462 e. The van der Waals surface area contributed by atoms with Crippen molar-refractivity contribution in [2.24, 2.45) is 0 Å². The van der Waals surface area contributed by atoms with Gasteiger partial charge >= 0.3 is 25.0 Å². The number of carbonyl (C=O) groups excluding carboxylic acids is 3. The first kappa shape index (κ1) is 27.7. The van der Waals surface area contributed by atoms with E-state index in [2.05, 4.69) is 0 Å². The molecule has 13 heteroatoms. The summed E-state index contributed by atoms with van der Waals surface area (Å²) in [6, 6.07) is 15.6. The first-order chi connectivity index (χ1) is 20.9. The van der Waals surface area contributed by atoms with Crippen molar-refractivity contribution >= 4 is 57.7 Å². The van der Waals surface area contributed by atoms with Crippen LogP contribution >= 0.6 is 0 Å². The third kappa shape index (κ3) is 4.98. The Hall–Kier alpha value is -5.46. The Bertz CT molecular complexity index is 1780. The van der Waals surface area contributed by atoms with Crippen LogP contribution in [0.3, 0.4) is 0 Å². The lowest BCUT2D eigenvalue weighted by Crippen LogP contribution is -2.43. The largest absolute Gasteiger partial charge is 0.570 e. The first-order valence-electron chi connectivity index (χ1n) is 13.9. The maximum atomic E-state index is 12.6. The summed E-state index contributed by atoms with van der Waals surface area (Å²) in [5.41, 5.74) is 2.93. The summed E-state index contributed by atoms with van der Waals surface area (Å²) in [6.07, 6.45) is 5.05. The number of rotatable bonds is 9. The molecule has 0 spiro atoms. The van der Waals surface area contributed by atoms with Crippen molar-refractivity contribution in [3.8, 4) is 0 Å². The highest BCUT2D eigenvalue weighted by atomic mass is 16.5. The zero-order valence-electron chi connectivity index (χ0n) is 23.8. The summed E-state index contributed by atoms with van der Waals surface area (Å²) in [7, 11) is -0.861. The second-order valence-electron chi connectivity index (χ2n) is 9.60. The minimum absolute atomic E-state index is 0.239. The van der Waals surface area contributed by atoms with Crippen LogP contribution in [0.4, 0.5) is 0 Å². The molecule has 43 heavy (non-hydrogen) atoms. The standard InChI is InChI=1S/C30H27BN6O6/c1-4-41-28(38)19-7-10-22-16-32-35(25(22)13-19)31(36-26-14-20(29(39)42-5-2)8-11-23(26)17-33-36)37-27-15-21(30(40)43-6-3)9-12-24(27)18-34-37/h7-18H,4-6H2,1-3H3. The van der Waals surface area contributed by atoms with Crippen LogP contribution in [0.2, 0.25) is 0 Å². The number of carbonyl (C=O) groups is 3. The van der Waals surface area contributed by atoms with Crippen LogP contribution in [0.25, 0.3) is 32.7 Å². The molecule has 0 saturated carbocycles. The van der Waals surface area contributed by atoms with Crippen LogP contribution in [-0.2, 0) is 14.2 Å². The van der Waals surface area contributed by atoms with Crippen LogP contribution in [0.15, 0.2) is 73.2 Å². The molecule has 0 aliphatic heterocycles. The van der Waals surface area contributed by atoms with Crippen LogP contribution in [0, 0.1) is 0 Å². The monoisotopic (exact) mass is 578 g/mol. The second-order valence-corrected chi connectivity index (χ2v) is 9.60. The Morgan fingerprint density at radius 2 is 0.860 bits per heavy atom. The number of nitrogens with zero attached hydrogens (tertiary/aromatic N) is 6. The maximum Gasteiger partial charge on any atom is 0.570 e. The Kier molecular flexibility index (Phi) is 7.37. The molecule has 3 aromatic heterocycles. The van der Waals surface area contributed by atoms with Gasteiger partial charge in [-0.25, -0.2) is 14.4 Å². The van der Waals surface area contributed by atoms with Gasteiger partial charge in [0, 0.05) is 16.2 Å². The van der Waals surface area contributed by atoms with Gasteiger partial charge in [-0.15, -0.1) is 0 Å². The third-order valence-electron chi connectivity index (χ3n) is 6.99. The number of fused-ring (bicyclic) bond motifs is 3. The Balaban J connectivity index is 1.60. The van der Waals surface area contributed by atoms with E-state index in [4.69, 9.17) is 29.5 Å². The van der Waals surface area contributed by atoms with Gasteiger partial charge in [-0.2, -0.15) is 15.3 Å². The number of benzene rings is 3. The number of ether oxygens (including phenoxy) is 3. The predicted molar refractivity (Wildman–Crippen MR) is 159 cm³/mol. The molecule has 0 aliphatic rings. The van der Waals surface area contributed by atoms with Gasteiger partial charge in [0.2, 0.25) is 0 Å². The number of esters is 3. The lowest BCUT2D eigenvalue weighted by atomic mass is 9.92. The molecular weight excluding hydrogens is 551 g/mol. The topological polar surface area (TPSA) is 132 Å². The van der Waals surface area contributed by atoms with E-state index in [-0.39, 0.29) is 19.8 Å². The fourth-order valence-electron chi connectivity index (χ4n) is 5.00. The van der Waals surface area contributed by atoms with Crippen LogP contribution < -0.4 is 0 Å². The fourth-order valence-corrected chi connectivity index (χ4v) is 5.00. The molecule has 0 atom stereocenters. The van der Waals surface area contributed by atoms with Crippen LogP contribution in [0.5, 0.6) is 0 Å². The van der Waals surface area contributed by atoms with E-state index in [9.17, 15) is 14.4 Å². The average Bonchev–Trinajstić information content (AvgIpc) is 3.75. The van der Waals surface area contributed by atoms with Gasteiger partial charge in [0.05, 0.1) is 71.7 Å². The van der Waals surface area contributed by atoms with E-state index >= 15 is 0 Å². The molecule has 0 aliphatic carbocycles. The van der Waals surface area contributed by atoms with Crippen molar-refractivity contribution < 1.29 is 28.6 Å². The molecule has 0 radical (unpaired) electrons. The molecule has 0 saturated heterocycles. The zero-order valence-corrected chi connectivity index (χ0v) is 23.8. The summed E-state index contributed by atoms with van der Waals surface area (Å²) in [4.78, 5) is 37.9. The molecule has 12 nitrogen and oxygen atoms in total. The minimum atomic E-state index is -0.861. The Morgan fingerprint density at radius 1 is 0.558 bits per heavy atom. The molecule has 216 valence electrons. The van der Waals surface area contributed by atoms with E-state index in [1.54, 1.807) is 108 Å². The SMILES string of the molecule is CCOC(=O)c1ccc2cnn(B(n3ncc4ccc(C(=O)OCC)cc43)n3ncc4ccc(C(=O)OCC)cc43)c2c1. The van der Waals surface area contributed by atoms with Crippen molar-refractivity contribution in [2.75, 3.05) is 19.8 Å². The molecule has 0 bridgehead atoms. The van der Waals surface area contributed by atoms with E-state index < -0.39 is 25.0 Å². The number of hydrogen-bond acceptors (Lipinski definition) is 9. The molecule has 0 fully saturated rings. The summed E-state index contributed by atoms with van der Waals surface area (Å²) >= 11 is 0. The molecule has 3 heterocycles. The second kappa shape index (κ2) is 11.4. The van der Waals surface area contributed by atoms with Gasteiger partial charge in [0.15, 0.2) is 0 Å². The smallest absolute Gasteiger partial charge is 0.462 e. The molecule has 0 N–H and O–H groups in total. The van der Waals surface area contributed by atoms with Gasteiger partial charge in [0.1, 0.15) is 0 Å². The number of aromatic nitrogens is 6. The number of hydrogen-bond donors (Lipinski definition) is 0. The van der Waals surface area contributed by atoms with Crippen molar-refractivity contribution in [3.63, 3.8) is 0 Å². The maximum absolute atomic E-state index is 12.6. The van der Waals surface area contributed by atoms with Gasteiger partial charge in [-0.3, -0.25) is 13.8 Å². The van der Waals surface area contributed by atoms with Crippen LogP contribution in [0.1, 0.15) is 51.8 Å². The Labute approximate surface area is 245 Å². The zero-order chi connectivity index (χ0) is 30.1. The normalized spacial score (nSPS) is 11.2. The highest BCUT2D eigenvalue weighted by Gasteiger charge is 2.33. The van der Waals surface area contributed by atoms with E-state index in [1.165, 1.54) is 0 Å². The summed E-state index contributed by atoms with van der Waals surface area (Å²) in [6.45, 7) is 5.96. The van der Waals surface area contributed by atoms with Gasteiger partial charge in [-0.1, -0.05) is 18.2 Å². The first-order valence-corrected chi connectivity index (χ1v) is 13.9. The summed E-state index contributed by atoms with van der Waals surface area (Å²) in [5, 5.41) is 16.4. The summed E-state index contributed by atoms with van der Waals surface area (Å²) < 4.78 is 20.8. The average molecular weight is 578 g/mol. The molecule has 0 unspecified atom stereocenters. The van der Waals surface area contributed by atoms with Gasteiger partial charge in [-0.05, 0) is 57.2 Å². The van der Waals surface area contributed by atoms with E-state index in [0.29, 0.717) is 33.2 Å². The molecule has 3 aromatic carbocycles. The molecular formula is C30H27BN6O6. The van der Waals surface area contributed by atoms with Gasteiger partial charge in [0.25, 0.3) is 0 Å². The molecule has 6 rings (SSSR count). The van der Waals surface area contributed by atoms with Crippen molar-refractivity contribution in [1.29, 1.82) is 0 Å². The lowest BCUT2D eigenvalue weighted by Gasteiger charge is -2.17. The molecule has 0 amide bonds. The quantitative estimate of drug-likeness (QED) is 0.141. The van der Waals surface area contributed by atoms with Crippen LogP contribution in [-0.4, -0.2) is 73.9 Å². The lowest BCUT2D eigenvalue weighted by molar-refractivity contribution is 0.0517. The van der Waals surface area contributed by atoms with Gasteiger partial charge < -0.3 is 14.2 Å². The predicted octanol–water partition coefficient (Wildman–Crippen LogP) is 4.20. The third-order valence-corrected chi connectivity index (χ3v) is 6.99. The molecule has 6 aromatic rings. The Morgan fingerprint density at radius 3 is 1.14 bits per heavy atom. The fraction of sp³-hybridized carbons (Fsp3) is 0.200. The highest BCUT2D eigenvalue weighted by molar-refractivity contribution is 6.56.